The molecule has 3 aromatic rings. The van der Waals surface area contributed by atoms with Gasteiger partial charge in [0.2, 0.25) is 5.91 Å². The summed E-state index contributed by atoms with van der Waals surface area (Å²) < 4.78 is 13.6. The van der Waals surface area contributed by atoms with Gasteiger partial charge < -0.3 is 19.4 Å². The highest BCUT2D eigenvalue weighted by Gasteiger charge is 2.16. The standard InChI is InChI=1S/C24H28N4O3S/c1-4-28-22(14-18-9-10-20-21(13-18)31-12-6-11-30-20)26-27-24(28)32-15-23(29)25-19-8-5-7-16(2)17(19)3/h5,7-10,13H,4,6,11-12,14-15H2,1-3H3,(H,25,29). The molecule has 8 heteroatoms. The molecule has 0 radical (unpaired) electrons. The first-order chi connectivity index (χ1) is 15.5. The van der Waals surface area contributed by atoms with Gasteiger partial charge in [0.05, 0.1) is 19.0 Å². The van der Waals surface area contributed by atoms with Crippen LogP contribution in [0.2, 0.25) is 0 Å². The summed E-state index contributed by atoms with van der Waals surface area (Å²) in [4.78, 5) is 12.5. The molecular formula is C24H28N4O3S. The lowest BCUT2D eigenvalue weighted by atomic mass is 10.1. The molecule has 1 aliphatic rings. The number of aryl methyl sites for hydroxylation is 1. The fourth-order valence-corrected chi connectivity index (χ4v) is 4.40. The molecule has 0 bridgehead atoms. The van der Waals surface area contributed by atoms with E-state index in [1.165, 1.54) is 11.8 Å². The predicted octanol–water partition coefficient (Wildman–Crippen LogP) is 4.40. The van der Waals surface area contributed by atoms with Gasteiger partial charge in [-0.3, -0.25) is 4.79 Å². The number of nitrogens with zero attached hydrogens (tertiary/aromatic N) is 3. The second kappa shape index (κ2) is 10.1. The SMILES string of the molecule is CCn1c(Cc2ccc3c(c2)OCCCO3)nnc1SCC(=O)Nc1cccc(C)c1C. The molecule has 7 nitrogen and oxygen atoms in total. The Balaban J connectivity index is 1.41. The van der Waals surface area contributed by atoms with E-state index in [2.05, 4.69) is 27.0 Å². The summed E-state index contributed by atoms with van der Waals surface area (Å²) in [6.45, 7) is 8.17. The quantitative estimate of drug-likeness (QED) is 0.536. The minimum atomic E-state index is -0.0567. The molecule has 0 atom stereocenters. The van der Waals surface area contributed by atoms with Crippen LogP contribution in [0.3, 0.4) is 0 Å². The summed E-state index contributed by atoms with van der Waals surface area (Å²) in [5.41, 5.74) is 4.17. The number of nitrogens with one attached hydrogen (secondary N) is 1. The summed E-state index contributed by atoms with van der Waals surface area (Å²) in [7, 11) is 0. The Morgan fingerprint density at radius 3 is 2.75 bits per heavy atom. The van der Waals surface area contributed by atoms with Crippen molar-refractivity contribution in [3.8, 4) is 11.5 Å². The number of amides is 1. The molecule has 1 N–H and O–H groups in total. The van der Waals surface area contributed by atoms with Gasteiger partial charge in [-0.05, 0) is 55.7 Å². The highest BCUT2D eigenvalue weighted by molar-refractivity contribution is 7.99. The molecule has 4 rings (SSSR count). The third kappa shape index (κ3) is 5.07. The number of carbonyl (C=O) groups is 1. The summed E-state index contributed by atoms with van der Waals surface area (Å²) in [5, 5.41) is 12.5. The van der Waals surface area contributed by atoms with Crippen LogP contribution in [0, 0.1) is 13.8 Å². The number of thioether (sulfide) groups is 1. The van der Waals surface area contributed by atoms with Crippen molar-refractivity contribution in [2.75, 3.05) is 24.3 Å². The molecule has 32 heavy (non-hydrogen) atoms. The van der Waals surface area contributed by atoms with E-state index in [1.54, 1.807) is 0 Å². The zero-order valence-electron chi connectivity index (χ0n) is 18.7. The lowest BCUT2D eigenvalue weighted by molar-refractivity contribution is -0.113. The maximum atomic E-state index is 12.5. The van der Waals surface area contributed by atoms with Gasteiger partial charge in [0.25, 0.3) is 0 Å². The van der Waals surface area contributed by atoms with Crippen molar-refractivity contribution >= 4 is 23.4 Å². The van der Waals surface area contributed by atoms with Gasteiger partial charge in [-0.15, -0.1) is 10.2 Å². The van der Waals surface area contributed by atoms with E-state index in [0.29, 0.717) is 19.6 Å². The molecule has 1 amide bonds. The second-order valence-corrected chi connectivity index (χ2v) is 8.68. The monoisotopic (exact) mass is 452 g/mol. The van der Waals surface area contributed by atoms with Crippen molar-refractivity contribution in [1.29, 1.82) is 0 Å². The molecule has 168 valence electrons. The van der Waals surface area contributed by atoms with Crippen molar-refractivity contribution < 1.29 is 14.3 Å². The van der Waals surface area contributed by atoms with E-state index >= 15 is 0 Å². The molecule has 0 spiro atoms. The Kier molecular flexibility index (Phi) is 6.99. The average Bonchev–Trinajstić information content (AvgIpc) is 3.01. The molecule has 0 unspecified atom stereocenters. The van der Waals surface area contributed by atoms with Crippen molar-refractivity contribution in [2.24, 2.45) is 0 Å². The van der Waals surface area contributed by atoms with Crippen molar-refractivity contribution in [3.63, 3.8) is 0 Å². The molecule has 0 saturated heterocycles. The van der Waals surface area contributed by atoms with Crippen LogP contribution >= 0.6 is 11.8 Å². The van der Waals surface area contributed by atoms with Gasteiger partial charge in [-0.2, -0.15) is 0 Å². The van der Waals surface area contributed by atoms with Gasteiger partial charge in [-0.25, -0.2) is 0 Å². The first-order valence-electron chi connectivity index (χ1n) is 10.8. The summed E-state index contributed by atoms with van der Waals surface area (Å²) >= 11 is 1.40. The Morgan fingerprint density at radius 1 is 1.12 bits per heavy atom. The highest BCUT2D eigenvalue weighted by Crippen LogP contribution is 2.31. The molecule has 0 fully saturated rings. The topological polar surface area (TPSA) is 78.3 Å². The summed E-state index contributed by atoms with van der Waals surface area (Å²) in [6, 6.07) is 11.9. The van der Waals surface area contributed by atoms with Gasteiger partial charge in [0, 0.05) is 25.1 Å². The highest BCUT2D eigenvalue weighted by atomic mass is 32.2. The fourth-order valence-electron chi connectivity index (χ4n) is 3.58. The number of aromatic nitrogens is 3. The number of benzene rings is 2. The largest absolute Gasteiger partial charge is 0.490 e. The first kappa shape index (κ1) is 22.2. The van der Waals surface area contributed by atoms with E-state index in [4.69, 9.17) is 9.47 Å². The Labute approximate surface area is 192 Å². The molecular weight excluding hydrogens is 424 g/mol. The number of carbonyl (C=O) groups excluding carboxylic acids is 1. The van der Waals surface area contributed by atoms with E-state index in [0.717, 1.165) is 57.8 Å². The molecule has 0 aliphatic carbocycles. The van der Waals surface area contributed by atoms with Crippen LogP contribution in [0.5, 0.6) is 11.5 Å². The zero-order valence-corrected chi connectivity index (χ0v) is 19.5. The summed E-state index contributed by atoms with van der Waals surface area (Å²) in [6.07, 6.45) is 1.51. The van der Waals surface area contributed by atoms with Crippen LogP contribution in [0.15, 0.2) is 41.6 Å². The van der Waals surface area contributed by atoms with Crippen LogP contribution in [-0.4, -0.2) is 39.6 Å². The van der Waals surface area contributed by atoms with Crippen LogP contribution in [0.4, 0.5) is 5.69 Å². The molecule has 2 heterocycles. The third-order valence-electron chi connectivity index (χ3n) is 5.49. The normalized spacial score (nSPS) is 13.0. The van der Waals surface area contributed by atoms with E-state index in [-0.39, 0.29) is 11.7 Å². The van der Waals surface area contributed by atoms with Crippen LogP contribution in [-0.2, 0) is 17.8 Å². The van der Waals surface area contributed by atoms with Crippen molar-refractivity contribution in [2.45, 2.75) is 45.3 Å². The molecule has 1 aliphatic heterocycles. The number of rotatable bonds is 7. The Bertz CT molecular complexity index is 1110. The predicted molar refractivity (Wildman–Crippen MR) is 126 cm³/mol. The number of hydrogen-bond donors (Lipinski definition) is 1. The fraction of sp³-hybridized carbons (Fsp3) is 0.375. The molecule has 1 aromatic heterocycles. The van der Waals surface area contributed by atoms with Gasteiger partial charge >= 0.3 is 0 Å². The van der Waals surface area contributed by atoms with Crippen LogP contribution in [0.1, 0.15) is 35.9 Å². The van der Waals surface area contributed by atoms with Crippen LogP contribution in [0.25, 0.3) is 0 Å². The Morgan fingerprint density at radius 2 is 1.94 bits per heavy atom. The third-order valence-corrected chi connectivity index (χ3v) is 6.46. The zero-order chi connectivity index (χ0) is 22.5. The van der Waals surface area contributed by atoms with Gasteiger partial charge in [0.1, 0.15) is 5.82 Å². The Hall–Kier alpha value is -3.00. The molecule has 2 aromatic carbocycles. The van der Waals surface area contributed by atoms with Crippen molar-refractivity contribution in [3.05, 3.63) is 58.9 Å². The van der Waals surface area contributed by atoms with Crippen molar-refractivity contribution in [1.82, 2.24) is 14.8 Å². The summed E-state index contributed by atoms with van der Waals surface area (Å²) in [5.74, 6) is 2.64. The smallest absolute Gasteiger partial charge is 0.234 e. The minimum absolute atomic E-state index is 0.0567. The number of fused-ring (bicyclic) bond motifs is 1. The number of anilines is 1. The van der Waals surface area contributed by atoms with Crippen LogP contribution < -0.4 is 14.8 Å². The maximum Gasteiger partial charge on any atom is 0.234 e. The number of hydrogen-bond acceptors (Lipinski definition) is 6. The minimum Gasteiger partial charge on any atom is -0.490 e. The van der Waals surface area contributed by atoms with Gasteiger partial charge in [0.15, 0.2) is 16.7 Å². The lowest BCUT2D eigenvalue weighted by Gasteiger charge is -2.11. The second-order valence-electron chi connectivity index (χ2n) is 7.74. The van der Waals surface area contributed by atoms with E-state index in [1.807, 2.05) is 50.2 Å². The van der Waals surface area contributed by atoms with E-state index < -0.39 is 0 Å². The van der Waals surface area contributed by atoms with Gasteiger partial charge in [-0.1, -0.05) is 30.0 Å². The maximum absolute atomic E-state index is 12.5. The first-order valence-corrected chi connectivity index (χ1v) is 11.8. The van der Waals surface area contributed by atoms with E-state index in [9.17, 15) is 4.79 Å². The lowest BCUT2D eigenvalue weighted by Crippen LogP contribution is -2.15. The number of ether oxygens (including phenoxy) is 2. The average molecular weight is 453 g/mol. The molecule has 0 saturated carbocycles.